The molecule has 4 rings (SSSR count). The molecule has 2 aromatic rings. The Kier molecular flexibility index (Phi) is 6.97. The second-order valence-electron chi connectivity index (χ2n) is 9.68. The molecule has 0 spiro atoms. The van der Waals surface area contributed by atoms with E-state index in [1.54, 1.807) is 22.8 Å². The number of carbonyl (C=O) groups excluding carboxylic acids is 1. The molecule has 0 radical (unpaired) electrons. The first-order chi connectivity index (χ1) is 14.8. The zero-order valence-electron chi connectivity index (χ0n) is 18.6. The van der Waals surface area contributed by atoms with Crippen LogP contribution in [0.1, 0.15) is 52.9 Å². The van der Waals surface area contributed by atoms with Crippen molar-refractivity contribution < 1.29 is 4.79 Å². The van der Waals surface area contributed by atoms with Crippen molar-refractivity contribution in [1.82, 2.24) is 14.9 Å². The summed E-state index contributed by atoms with van der Waals surface area (Å²) in [4.78, 5) is 30.5. The van der Waals surface area contributed by atoms with Crippen LogP contribution in [0.3, 0.4) is 0 Å². The van der Waals surface area contributed by atoms with Crippen LogP contribution >= 0.6 is 23.4 Å². The van der Waals surface area contributed by atoms with Gasteiger partial charge in [0.15, 0.2) is 5.16 Å². The maximum absolute atomic E-state index is 13.1. The highest BCUT2D eigenvalue weighted by molar-refractivity contribution is 7.99. The van der Waals surface area contributed by atoms with Gasteiger partial charge in [-0.05, 0) is 74.5 Å². The smallest absolute Gasteiger partial charge is 0.262 e. The normalized spacial score (nSPS) is 23.6. The molecular formula is C24H32ClN3O2S. The molecule has 1 heterocycles. The number of nitrogens with zero attached hydrogens (tertiary/aromatic N) is 2. The summed E-state index contributed by atoms with van der Waals surface area (Å²) >= 11 is 7.46. The molecule has 2 aliphatic rings. The Morgan fingerprint density at radius 2 is 2.10 bits per heavy atom. The van der Waals surface area contributed by atoms with Crippen molar-refractivity contribution in [3.05, 3.63) is 33.6 Å². The molecule has 1 aromatic carbocycles. The molecule has 0 unspecified atom stereocenters. The molecule has 4 atom stereocenters. The molecule has 1 N–H and O–H groups in total. The number of aromatic nitrogens is 2. The molecule has 7 heteroatoms. The number of hydrogen-bond donors (Lipinski definition) is 1. The summed E-state index contributed by atoms with van der Waals surface area (Å²) in [6.45, 7) is 7.00. The summed E-state index contributed by atoms with van der Waals surface area (Å²) in [5.41, 5.74) is 0.511. The van der Waals surface area contributed by atoms with Crippen LogP contribution in [0.5, 0.6) is 0 Å². The van der Waals surface area contributed by atoms with Gasteiger partial charge in [0, 0.05) is 17.6 Å². The van der Waals surface area contributed by atoms with Crippen molar-refractivity contribution in [2.24, 2.45) is 23.7 Å². The maximum Gasteiger partial charge on any atom is 0.262 e. The minimum atomic E-state index is -0.0689. The first-order valence-electron chi connectivity index (χ1n) is 11.4. The minimum absolute atomic E-state index is 0.0103. The van der Waals surface area contributed by atoms with E-state index in [0.29, 0.717) is 39.5 Å². The highest BCUT2D eigenvalue weighted by atomic mass is 35.5. The van der Waals surface area contributed by atoms with Crippen LogP contribution in [-0.2, 0) is 11.3 Å². The number of thioether (sulfide) groups is 1. The molecule has 5 nitrogen and oxygen atoms in total. The lowest BCUT2D eigenvalue weighted by Gasteiger charge is -2.28. The Balaban J connectivity index is 1.47. The standard InChI is InChI=1S/C24H32ClN3O2S/c1-14(2)8-9-28-23(30)19-7-6-18(25)12-21(19)27-24(28)31-13-22(29)26-15(3)20-11-16-4-5-17(20)10-16/h6-7,12,14-17,20H,4-5,8-11,13H2,1-3H3,(H,26,29)/t15-,16+,17+,20-/m1/s1. The van der Waals surface area contributed by atoms with Gasteiger partial charge in [0.2, 0.25) is 5.91 Å². The van der Waals surface area contributed by atoms with Crippen LogP contribution in [0.15, 0.2) is 28.2 Å². The van der Waals surface area contributed by atoms with Gasteiger partial charge in [0.25, 0.3) is 5.56 Å². The SMILES string of the molecule is CC(C)CCn1c(SCC(=O)N[C@H](C)[C@H]2C[C@H]3CC[C@H]2C3)nc2cc(Cl)ccc2c1=O. The third-order valence-electron chi connectivity index (χ3n) is 6.97. The van der Waals surface area contributed by atoms with Gasteiger partial charge < -0.3 is 5.32 Å². The highest BCUT2D eigenvalue weighted by Gasteiger charge is 2.42. The van der Waals surface area contributed by atoms with E-state index in [0.717, 1.165) is 18.3 Å². The summed E-state index contributed by atoms with van der Waals surface area (Å²) in [5.74, 6) is 2.99. The van der Waals surface area contributed by atoms with Gasteiger partial charge in [-0.2, -0.15) is 0 Å². The molecule has 2 aliphatic carbocycles. The van der Waals surface area contributed by atoms with E-state index in [4.69, 9.17) is 16.6 Å². The fourth-order valence-electron chi connectivity index (χ4n) is 5.31. The van der Waals surface area contributed by atoms with Crippen LogP contribution in [-0.4, -0.2) is 27.3 Å². The van der Waals surface area contributed by atoms with Gasteiger partial charge in [-0.3, -0.25) is 14.2 Å². The Labute approximate surface area is 193 Å². The summed E-state index contributed by atoms with van der Waals surface area (Å²) in [5, 5.41) is 4.91. The van der Waals surface area contributed by atoms with Gasteiger partial charge in [-0.15, -0.1) is 0 Å². The number of rotatable bonds is 8. The highest BCUT2D eigenvalue weighted by Crippen LogP contribution is 2.49. The summed E-state index contributed by atoms with van der Waals surface area (Å²) in [6, 6.07) is 5.37. The zero-order chi connectivity index (χ0) is 22.1. The second-order valence-corrected chi connectivity index (χ2v) is 11.1. The summed E-state index contributed by atoms with van der Waals surface area (Å²) in [6.07, 6.45) is 6.15. The molecule has 31 heavy (non-hydrogen) atoms. The third-order valence-corrected chi connectivity index (χ3v) is 8.18. The van der Waals surface area contributed by atoms with Gasteiger partial charge in [-0.1, -0.05) is 43.6 Å². The van der Waals surface area contributed by atoms with Crippen LogP contribution in [0.25, 0.3) is 10.9 Å². The molecule has 0 saturated heterocycles. The number of nitrogens with one attached hydrogen (secondary N) is 1. The molecule has 2 fully saturated rings. The van der Waals surface area contributed by atoms with E-state index >= 15 is 0 Å². The van der Waals surface area contributed by atoms with E-state index < -0.39 is 0 Å². The van der Waals surface area contributed by atoms with Crippen molar-refractivity contribution >= 4 is 40.2 Å². The summed E-state index contributed by atoms with van der Waals surface area (Å²) < 4.78 is 1.72. The number of hydrogen-bond acceptors (Lipinski definition) is 4. The number of benzene rings is 1. The van der Waals surface area contributed by atoms with Gasteiger partial charge in [-0.25, -0.2) is 4.98 Å². The molecule has 1 amide bonds. The Bertz CT molecular complexity index is 1020. The average Bonchev–Trinajstić information content (AvgIpc) is 3.35. The van der Waals surface area contributed by atoms with Crippen LogP contribution < -0.4 is 10.9 Å². The topological polar surface area (TPSA) is 64.0 Å². The third kappa shape index (κ3) is 5.11. The molecule has 2 saturated carbocycles. The second kappa shape index (κ2) is 9.53. The fourth-order valence-corrected chi connectivity index (χ4v) is 6.31. The lowest BCUT2D eigenvalue weighted by atomic mass is 9.84. The molecule has 168 valence electrons. The van der Waals surface area contributed by atoms with Crippen LogP contribution in [0.4, 0.5) is 0 Å². The van der Waals surface area contributed by atoms with E-state index in [2.05, 4.69) is 26.1 Å². The van der Waals surface area contributed by atoms with Gasteiger partial charge in [0.1, 0.15) is 0 Å². The van der Waals surface area contributed by atoms with Crippen LogP contribution in [0, 0.1) is 23.7 Å². The monoisotopic (exact) mass is 461 g/mol. The van der Waals surface area contributed by atoms with E-state index in [1.165, 1.54) is 37.4 Å². The largest absolute Gasteiger partial charge is 0.353 e. The predicted octanol–water partition coefficient (Wildman–Crippen LogP) is 5.13. The Morgan fingerprint density at radius 1 is 1.29 bits per heavy atom. The molecular weight excluding hydrogens is 430 g/mol. The van der Waals surface area contributed by atoms with Crippen molar-refractivity contribution in [2.45, 2.75) is 70.6 Å². The zero-order valence-corrected chi connectivity index (χ0v) is 20.1. The molecule has 0 aliphatic heterocycles. The number of fused-ring (bicyclic) bond motifs is 3. The van der Waals surface area contributed by atoms with Gasteiger partial charge in [0.05, 0.1) is 16.7 Å². The Hall–Kier alpha value is -1.53. The van der Waals surface area contributed by atoms with Gasteiger partial charge >= 0.3 is 0 Å². The fraction of sp³-hybridized carbons (Fsp3) is 0.625. The molecule has 2 bridgehead atoms. The first kappa shape index (κ1) is 22.7. The maximum atomic E-state index is 13.1. The first-order valence-corrected chi connectivity index (χ1v) is 12.8. The number of halogens is 1. The number of amides is 1. The minimum Gasteiger partial charge on any atom is -0.353 e. The van der Waals surface area contributed by atoms with Crippen LogP contribution in [0.2, 0.25) is 5.02 Å². The predicted molar refractivity (Wildman–Crippen MR) is 128 cm³/mol. The lowest BCUT2D eigenvalue weighted by Crippen LogP contribution is -2.41. The lowest BCUT2D eigenvalue weighted by molar-refractivity contribution is -0.119. The Morgan fingerprint density at radius 3 is 2.77 bits per heavy atom. The van der Waals surface area contributed by atoms with Crippen molar-refractivity contribution in [1.29, 1.82) is 0 Å². The number of carbonyl (C=O) groups is 1. The van der Waals surface area contributed by atoms with E-state index in [1.807, 2.05) is 0 Å². The van der Waals surface area contributed by atoms with E-state index in [-0.39, 0.29) is 23.3 Å². The summed E-state index contributed by atoms with van der Waals surface area (Å²) in [7, 11) is 0. The average molecular weight is 462 g/mol. The molecule has 1 aromatic heterocycles. The van der Waals surface area contributed by atoms with Crippen molar-refractivity contribution in [3.63, 3.8) is 0 Å². The van der Waals surface area contributed by atoms with Crippen molar-refractivity contribution in [3.8, 4) is 0 Å². The van der Waals surface area contributed by atoms with E-state index in [9.17, 15) is 9.59 Å². The quantitative estimate of drug-likeness (QED) is 0.437. The van der Waals surface area contributed by atoms with Crippen molar-refractivity contribution in [2.75, 3.05) is 5.75 Å².